The summed E-state index contributed by atoms with van der Waals surface area (Å²) in [5.74, 6) is -0.990. The lowest BCUT2D eigenvalue weighted by Crippen LogP contribution is -2.24. The molecule has 1 unspecified atom stereocenters. The van der Waals surface area contributed by atoms with Crippen molar-refractivity contribution in [3.63, 3.8) is 0 Å². The summed E-state index contributed by atoms with van der Waals surface area (Å²) in [4.78, 5) is 11.1. The van der Waals surface area contributed by atoms with Gasteiger partial charge in [0.2, 0.25) is 0 Å². The van der Waals surface area contributed by atoms with E-state index in [1.165, 1.54) is 5.56 Å². The first kappa shape index (κ1) is 12.2. The minimum absolute atomic E-state index is 0.440. The zero-order chi connectivity index (χ0) is 11.4. The summed E-state index contributed by atoms with van der Waals surface area (Å²) < 4.78 is 0. The number of rotatable bonds is 4. The molecule has 15 heavy (non-hydrogen) atoms. The van der Waals surface area contributed by atoms with Crippen molar-refractivity contribution >= 4 is 35.7 Å². The minimum Gasteiger partial charge on any atom is -0.480 e. The molecule has 0 radical (unpaired) electrons. The van der Waals surface area contributed by atoms with Crippen LogP contribution < -0.4 is 0 Å². The standard InChI is InChI=1S/C11H12O2S2/c1-7-2-4-8(5-3-7)6-9(14)10(15)11(12)13/h2-5,10,15H,6H2,1H3,(H,12,13). The zero-order valence-electron chi connectivity index (χ0n) is 8.30. The fourth-order valence-corrected chi connectivity index (χ4v) is 1.50. The average Bonchev–Trinajstić information content (AvgIpc) is 2.20. The van der Waals surface area contributed by atoms with Crippen molar-refractivity contribution in [3.05, 3.63) is 35.4 Å². The maximum Gasteiger partial charge on any atom is 0.321 e. The summed E-state index contributed by atoms with van der Waals surface area (Å²) in [6.45, 7) is 2.00. The summed E-state index contributed by atoms with van der Waals surface area (Å²) in [7, 11) is 0. The lowest BCUT2D eigenvalue weighted by atomic mass is 10.1. The Labute approximate surface area is 99.7 Å². The second-order valence-electron chi connectivity index (χ2n) is 3.37. The van der Waals surface area contributed by atoms with Gasteiger partial charge >= 0.3 is 5.97 Å². The highest BCUT2D eigenvalue weighted by Gasteiger charge is 2.17. The van der Waals surface area contributed by atoms with Gasteiger partial charge in [0.25, 0.3) is 0 Å². The second-order valence-corrected chi connectivity index (χ2v) is 4.41. The Morgan fingerprint density at radius 3 is 2.47 bits per heavy atom. The smallest absolute Gasteiger partial charge is 0.321 e. The van der Waals surface area contributed by atoms with Crippen LogP contribution in [0.1, 0.15) is 11.1 Å². The third-order valence-electron chi connectivity index (χ3n) is 2.04. The molecule has 0 heterocycles. The highest BCUT2D eigenvalue weighted by molar-refractivity contribution is 7.87. The van der Waals surface area contributed by atoms with E-state index in [1.54, 1.807) is 0 Å². The van der Waals surface area contributed by atoms with Crippen molar-refractivity contribution in [1.82, 2.24) is 0 Å². The van der Waals surface area contributed by atoms with E-state index in [9.17, 15) is 4.79 Å². The van der Waals surface area contributed by atoms with Crippen LogP contribution in [0.2, 0.25) is 0 Å². The van der Waals surface area contributed by atoms with Gasteiger partial charge in [-0.2, -0.15) is 12.6 Å². The van der Waals surface area contributed by atoms with Crippen molar-refractivity contribution in [2.24, 2.45) is 0 Å². The van der Waals surface area contributed by atoms with Gasteiger partial charge in [-0.15, -0.1) is 0 Å². The molecule has 0 amide bonds. The van der Waals surface area contributed by atoms with E-state index in [0.29, 0.717) is 11.3 Å². The number of aryl methyl sites for hydroxylation is 1. The predicted octanol–water partition coefficient (Wildman–Crippen LogP) is 2.29. The van der Waals surface area contributed by atoms with Gasteiger partial charge in [0.1, 0.15) is 5.25 Å². The first-order valence-electron chi connectivity index (χ1n) is 4.50. The maximum atomic E-state index is 10.6. The first-order chi connectivity index (χ1) is 7.00. The first-order valence-corrected chi connectivity index (χ1v) is 5.42. The van der Waals surface area contributed by atoms with Gasteiger partial charge in [-0.3, -0.25) is 4.79 Å². The lowest BCUT2D eigenvalue weighted by molar-refractivity contribution is -0.135. The van der Waals surface area contributed by atoms with Crippen molar-refractivity contribution in [1.29, 1.82) is 0 Å². The summed E-state index contributed by atoms with van der Waals surface area (Å²) in [5.41, 5.74) is 2.19. The summed E-state index contributed by atoms with van der Waals surface area (Å²) >= 11 is 8.94. The molecule has 0 saturated heterocycles. The fourth-order valence-electron chi connectivity index (χ4n) is 1.14. The van der Waals surface area contributed by atoms with E-state index in [1.807, 2.05) is 31.2 Å². The average molecular weight is 240 g/mol. The number of carboxylic acids is 1. The Bertz CT molecular complexity index is 371. The van der Waals surface area contributed by atoms with Crippen LogP contribution in [-0.4, -0.2) is 21.2 Å². The Morgan fingerprint density at radius 2 is 2.00 bits per heavy atom. The fraction of sp³-hybridized carbons (Fsp3) is 0.273. The van der Waals surface area contributed by atoms with E-state index in [2.05, 4.69) is 12.6 Å². The molecule has 0 aliphatic heterocycles. The highest BCUT2D eigenvalue weighted by Crippen LogP contribution is 2.09. The SMILES string of the molecule is Cc1ccc(CC(=S)C(S)C(=O)O)cc1. The number of aliphatic carboxylic acids is 1. The molecule has 1 aromatic rings. The van der Waals surface area contributed by atoms with Gasteiger partial charge < -0.3 is 5.11 Å². The van der Waals surface area contributed by atoms with Crippen LogP contribution >= 0.6 is 24.8 Å². The molecule has 1 aromatic carbocycles. The monoisotopic (exact) mass is 240 g/mol. The van der Waals surface area contributed by atoms with Crippen LogP contribution in [0.3, 0.4) is 0 Å². The number of carboxylic acid groups (broad SMARTS) is 1. The van der Waals surface area contributed by atoms with Gasteiger partial charge in [0.05, 0.1) is 0 Å². The van der Waals surface area contributed by atoms with Gasteiger partial charge in [0, 0.05) is 11.3 Å². The number of hydrogen-bond acceptors (Lipinski definition) is 3. The molecule has 0 saturated carbocycles. The lowest BCUT2D eigenvalue weighted by Gasteiger charge is -2.07. The summed E-state index contributed by atoms with van der Waals surface area (Å²) in [6.07, 6.45) is 0.482. The Balaban J connectivity index is 2.66. The van der Waals surface area contributed by atoms with Crippen molar-refractivity contribution < 1.29 is 9.90 Å². The molecule has 0 aliphatic rings. The molecule has 1 atom stereocenters. The molecular weight excluding hydrogens is 228 g/mol. The van der Waals surface area contributed by atoms with Gasteiger partial charge in [-0.25, -0.2) is 0 Å². The van der Waals surface area contributed by atoms with E-state index in [-0.39, 0.29) is 0 Å². The number of carbonyl (C=O) groups is 1. The van der Waals surface area contributed by atoms with E-state index >= 15 is 0 Å². The molecule has 0 aliphatic carbocycles. The van der Waals surface area contributed by atoms with E-state index < -0.39 is 11.2 Å². The van der Waals surface area contributed by atoms with Gasteiger partial charge in [-0.1, -0.05) is 42.0 Å². The van der Waals surface area contributed by atoms with E-state index in [4.69, 9.17) is 17.3 Å². The maximum absolute atomic E-state index is 10.6. The van der Waals surface area contributed by atoms with Gasteiger partial charge in [-0.05, 0) is 12.5 Å². The second kappa shape index (κ2) is 5.28. The molecule has 2 nitrogen and oxygen atoms in total. The van der Waals surface area contributed by atoms with Crippen LogP contribution in [0.5, 0.6) is 0 Å². The topological polar surface area (TPSA) is 37.3 Å². The number of thiocarbonyl (C=S) groups is 1. The number of benzene rings is 1. The molecule has 1 N–H and O–H groups in total. The van der Waals surface area contributed by atoms with Crippen LogP contribution in [0.25, 0.3) is 0 Å². The Morgan fingerprint density at radius 1 is 1.47 bits per heavy atom. The van der Waals surface area contributed by atoms with Crippen LogP contribution in [0.15, 0.2) is 24.3 Å². The predicted molar refractivity (Wildman–Crippen MR) is 67.9 cm³/mol. The van der Waals surface area contributed by atoms with Crippen molar-refractivity contribution in [3.8, 4) is 0 Å². The quantitative estimate of drug-likeness (QED) is 0.626. The molecule has 80 valence electrons. The molecule has 4 heteroatoms. The summed E-state index contributed by atoms with van der Waals surface area (Å²) in [5, 5.41) is 7.85. The zero-order valence-corrected chi connectivity index (χ0v) is 10.0. The molecular formula is C11H12O2S2. The minimum atomic E-state index is -0.990. The Hall–Kier alpha value is -0.870. The van der Waals surface area contributed by atoms with Crippen LogP contribution in [0, 0.1) is 6.92 Å². The third kappa shape index (κ3) is 3.64. The van der Waals surface area contributed by atoms with Crippen LogP contribution in [0.4, 0.5) is 0 Å². The largest absolute Gasteiger partial charge is 0.480 e. The van der Waals surface area contributed by atoms with Crippen LogP contribution in [-0.2, 0) is 11.2 Å². The molecule has 0 fully saturated rings. The number of hydrogen-bond donors (Lipinski definition) is 2. The molecule has 0 spiro atoms. The normalized spacial score (nSPS) is 12.1. The number of thiol groups is 1. The molecule has 0 bridgehead atoms. The Kier molecular flexibility index (Phi) is 4.29. The van der Waals surface area contributed by atoms with Crippen molar-refractivity contribution in [2.75, 3.05) is 0 Å². The summed E-state index contributed by atoms with van der Waals surface area (Å²) in [6, 6.07) is 7.85. The van der Waals surface area contributed by atoms with Gasteiger partial charge in [0.15, 0.2) is 0 Å². The molecule has 0 aromatic heterocycles. The third-order valence-corrected chi connectivity index (χ3v) is 3.13. The highest BCUT2D eigenvalue weighted by atomic mass is 32.1. The van der Waals surface area contributed by atoms with Crippen molar-refractivity contribution in [2.45, 2.75) is 18.6 Å². The molecule has 1 rings (SSSR count). The van der Waals surface area contributed by atoms with E-state index in [0.717, 1.165) is 5.56 Å².